The summed E-state index contributed by atoms with van der Waals surface area (Å²) in [6, 6.07) is 25.8. The Bertz CT molecular complexity index is 1090. The molecule has 3 unspecified atom stereocenters. The van der Waals surface area contributed by atoms with Crippen LogP contribution in [0.1, 0.15) is 55.7 Å². The maximum Gasteiger partial charge on any atom is 0.127 e. The fourth-order valence-corrected chi connectivity index (χ4v) is 4.83. The molecule has 3 aromatic carbocycles. The zero-order valence-corrected chi connectivity index (χ0v) is 21.2. The Morgan fingerprint density at radius 3 is 2.41 bits per heavy atom. The lowest BCUT2D eigenvalue weighted by molar-refractivity contribution is 0.0686. The Balaban J connectivity index is 1.83. The third kappa shape index (κ3) is 5.23. The van der Waals surface area contributed by atoms with Gasteiger partial charge in [0.25, 0.3) is 0 Å². The van der Waals surface area contributed by atoms with Crippen molar-refractivity contribution >= 4 is 0 Å². The van der Waals surface area contributed by atoms with Crippen LogP contribution in [0.25, 0.3) is 0 Å². The van der Waals surface area contributed by atoms with Crippen molar-refractivity contribution in [1.29, 1.82) is 0 Å². The van der Waals surface area contributed by atoms with E-state index in [-0.39, 0.29) is 17.4 Å². The highest BCUT2D eigenvalue weighted by Crippen LogP contribution is 2.52. The average molecular weight is 460 g/mol. The van der Waals surface area contributed by atoms with Crippen molar-refractivity contribution < 1.29 is 14.2 Å². The Kier molecular flexibility index (Phi) is 7.18. The van der Waals surface area contributed by atoms with Gasteiger partial charge in [0.15, 0.2) is 0 Å². The molecule has 4 heteroatoms. The average Bonchev–Trinajstić information content (AvgIpc) is 2.82. The highest BCUT2D eigenvalue weighted by atomic mass is 16.5. The minimum absolute atomic E-state index is 0.127. The molecule has 180 valence electrons. The van der Waals surface area contributed by atoms with E-state index >= 15 is 0 Å². The molecule has 0 aromatic heterocycles. The van der Waals surface area contributed by atoms with E-state index in [1.807, 2.05) is 12.1 Å². The quantitative estimate of drug-likeness (QED) is 0.385. The van der Waals surface area contributed by atoms with Gasteiger partial charge in [0.1, 0.15) is 29.5 Å². The highest BCUT2D eigenvalue weighted by Gasteiger charge is 2.40. The molecule has 1 aliphatic rings. The van der Waals surface area contributed by atoms with Crippen LogP contribution in [0, 0.1) is 0 Å². The Morgan fingerprint density at radius 2 is 1.71 bits per heavy atom. The number of rotatable bonds is 8. The van der Waals surface area contributed by atoms with Crippen molar-refractivity contribution in [2.24, 2.45) is 0 Å². The number of methoxy groups -OCH3 is 1. The smallest absolute Gasteiger partial charge is 0.127 e. The summed E-state index contributed by atoms with van der Waals surface area (Å²) < 4.78 is 18.4. The Morgan fingerprint density at radius 1 is 1.00 bits per heavy atom. The summed E-state index contributed by atoms with van der Waals surface area (Å²) in [4.78, 5) is 2.18. The molecule has 0 saturated heterocycles. The fraction of sp³-hybridized carbons (Fsp3) is 0.400. The van der Waals surface area contributed by atoms with Gasteiger partial charge in [0, 0.05) is 29.5 Å². The Labute approximate surface area is 204 Å². The monoisotopic (exact) mass is 459 g/mol. The first-order chi connectivity index (χ1) is 16.3. The van der Waals surface area contributed by atoms with E-state index in [2.05, 4.69) is 100 Å². The molecular formula is C30H37NO3. The minimum atomic E-state index is -0.299. The lowest BCUT2D eigenvalue weighted by Crippen LogP contribution is -2.37. The number of hydrogen-bond donors (Lipinski definition) is 0. The molecule has 3 atom stereocenters. The van der Waals surface area contributed by atoms with E-state index in [1.165, 1.54) is 16.7 Å². The molecule has 4 nitrogen and oxygen atoms in total. The summed E-state index contributed by atoms with van der Waals surface area (Å²) in [6.07, 6.45) is 0.897. The number of hydrogen-bond acceptors (Lipinski definition) is 4. The number of benzene rings is 3. The van der Waals surface area contributed by atoms with E-state index in [1.54, 1.807) is 7.11 Å². The second-order valence-electron chi connectivity index (χ2n) is 10.1. The third-order valence-corrected chi connectivity index (χ3v) is 6.89. The first-order valence-electron chi connectivity index (χ1n) is 12.1. The van der Waals surface area contributed by atoms with Crippen molar-refractivity contribution in [2.75, 3.05) is 27.8 Å². The van der Waals surface area contributed by atoms with Crippen LogP contribution in [-0.2, 0) is 0 Å². The molecule has 0 N–H and O–H groups in total. The normalized spacial score (nSPS) is 18.5. The number of para-hydroxylation sites is 1. The molecule has 34 heavy (non-hydrogen) atoms. The molecule has 3 aromatic rings. The molecule has 0 radical (unpaired) electrons. The molecule has 0 aliphatic carbocycles. The second kappa shape index (κ2) is 10.1. The zero-order valence-electron chi connectivity index (χ0n) is 21.2. The minimum Gasteiger partial charge on any atom is -0.497 e. The summed E-state index contributed by atoms with van der Waals surface area (Å²) in [5, 5.41) is 0. The maximum atomic E-state index is 6.44. The van der Waals surface area contributed by atoms with Crippen molar-refractivity contribution in [2.45, 2.75) is 50.7 Å². The summed E-state index contributed by atoms with van der Waals surface area (Å²) >= 11 is 0. The second-order valence-corrected chi connectivity index (χ2v) is 10.1. The van der Waals surface area contributed by atoms with Gasteiger partial charge in [-0.25, -0.2) is 0 Å². The van der Waals surface area contributed by atoms with Gasteiger partial charge in [0.2, 0.25) is 0 Å². The summed E-state index contributed by atoms with van der Waals surface area (Å²) in [7, 11) is 5.87. The van der Waals surface area contributed by atoms with E-state index in [0.717, 1.165) is 23.7 Å². The molecule has 0 fully saturated rings. The summed E-state index contributed by atoms with van der Waals surface area (Å²) in [5.74, 6) is 3.02. The first-order valence-corrected chi connectivity index (χ1v) is 12.1. The van der Waals surface area contributed by atoms with E-state index < -0.39 is 0 Å². The van der Waals surface area contributed by atoms with Crippen LogP contribution < -0.4 is 14.2 Å². The largest absolute Gasteiger partial charge is 0.497 e. The van der Waals surface area contributed by atoms with Gasteiger partial charge >= 0.3 is 0 Å². The number of likely N-dealkylation sites (N-methyl/N-ethyl adjacent to an activating group) is 1. The van der Waals surface area contributed by atoms with Crippen molar-refractivity contribution in [1.82, 2.24) is 4.90 Å². The number of ether oxygens (including phenoxy) is 3. The van der Waals surface area contributed by atoms with Crippen LogP contribution in [0.4, 0.5) is 0 Å². The van der Waals surface area contributed by atoms with Crippen molar-refractivity contribution in [3.63, 3.8) is 0 Å². The van der Waals surface area contributed by atoms with E-state index in [4.69, 9.17) is 14.2 Å². The molecule has 1 aliphatic heterocycles. The summed E-state index contributed by atoms with van der Waals surface area (Å²) in [6.45, 7) is 7.16. The van der Waals surface area contributed by atoms with Crippen LogP contribution in [0.3, 0.4) is 0 Å². The highest BCUT2D eigenvalue weighted by molar-refractivity contribution is 5.51. The predicted molar refractivity (Wildman–Crippen MR) is 138 cm³/mol. The van der Waals surface area contributed by atoms with Gasteiger partial charge in [0.05, 0.1) is 7.11 Å². The molecule has 1 heterocycles. The topological polar surface area (TPSA) is 30.9 Å². The molecular weight excluding hydrogens is 422 g/mol. The standard InChI is InChI=1S/C30H37NO3/c1-21(31(4)5)20-33-27-15-11-10-14-25(27)29(22-12-8-7-9-13-22)26-19-30(2,3)34-28-18-23(32-6)16-17-24(26)28/h7-18,21,26,29H,19-20H2,1-6H3. The molecule has 0 saturated carbocycles. The van der Waals surface area contributed by atoms with Gasteiger partial charge in [-0.3, -0.25) is 0 Å². The zero-order chi connectivity index (χ0) is 24.3. The van der Waals surface area contributed by atoms with Crippen LogP contribution in [0.15, 0.2) is 72.8 Å². The van der Waals surface area contributed by atoms with Crippen molar-refractivity contribution in [3.05, 3.63) is 89.5 Å². The molecule has 0 bridgehead atoms. The predicted octanol–water partition coefficient (Wildman–Crippen LogP) is 6.50. The number of nitrogens with zero attached hydrogens (tertiary/aromatic N) is 1. The lowest BCUT2D eigenvalue weighted by atomic mass is 9.71. The van der Waals surface area contributed by atoms with Crippen LogP contribution >= 0.6 is 0 Å². The van der Waals surface area contributed by atoms with E-state index in [9.17, 15) is 0 Å². The number of fused-ring (bicyclic) bond motifs is 1. The van der Waals surface area contributed by atoms with Gasteiger partial charge in [-0.2, -0.15) is 0 Å². The summed E-state index contributed by atoms with van der Waals surface area (Å²) in [5.41, 5.74) is 3.41. The molecule has 0 spiro atoms. The third-order valence-electron chi connectivity index (χ3n) is 6.89. The maximum absolute atomic E-state index is 6.44. The van der Waals surface area contributed by atoms with Crippen molar-refractivity contribution in [3.8, 4) is 17.2 Å². The van der Waals surface area contributed by atoms with E-state index in [0.29, 0.717) is 12.6 Å². The van der Waals surface area contributed by atoms with Gasteiger partial charge in [-0.15, -0.1) is 0 Å². The SMILES string of the molecule is COc1ccc2c(c1)OC(C)(C)CC2C(c1ccccc1)c1ccccc1OCC(C)N(C)C. The van der Waals surface area contributed by atoms with Gasteiger partial charge in [-0.05, 0) is 64.5 Å². The lowest BCUT2D eigenvalue weighted by Gasteiger charge is -2.41. The van der Waals surface area contributed by atoms with Crippen LogP contribution in [0.5, 0.6) is 17.2 Å². The molecule has 0 amide bonds. The molecule has 4 rings (SSSR count). The van der Waals surface area contributed by atoms with Gasteiger partial charge in [-0.1, -0.05) is 54.6 Å². The first kappa shape index (κ1) is 24.2. The van der Waals surface area contributed by atoms with Gasteiger partial charge < -0.3 is 19.1 Å². The fourth-order valence-electron chi connectivity index (χ4n) is 4.83. The van der Waals surface area contributed by atoms with Crippen LogP contribution in [0.2, 0.25) is 0 Å². The Hall–Kier alpha value is -2.98. The van der Waals surface area contributed by atoms with Crippen LogP contribution in [-0.4, -0.2) is 44.4 Å².